The molecule has 0 heterocycles. The molecule has 0 aliphatic heterocycles. The summed E-state index contributed by atoms with van der Waals surface area (Å²) in [5.74, 6) is -0.511. The van der Waals surface area contributed by atoms with E-state index in [1.54, 1.807) is 14.0 Å². The molecule has 1 aromatic rings. The number of anilines is 1. The number of rotatable bonds is 4. The first-order chi connectivity index (χ1) is 8.26. The average molecular weight is 264 g/mol. The van der Waals surface area contributed by atoms with Gasteiger partial charge in [-0.25, -0.2) is 4.39 Å². The fraction of sp³-hybridized carbons (Fsp3) is 0.500. The lowest BCUT2D eigenvalue weighted by atomic mass is 10.0. The molecule has 0 aliphatic rings. The van der Waals surface area contributed by atoms with Gasteiger partial charge >= 0.3 is 6.18 Å². The minimum Gasteiger partial charge on any atom is -0.365 e. The summed E-state index contributed by atoms with van der Waals surface area (Å²) in [5, 5.41) is 2.83. The molecule has 0 amide bonds. The topological polar surface area (TPSA) is 15.3 Å². The zero-order valence-electron chi connectivity index (χ0n) is 10.5. The molecule has 0 aromatic heterocycles. The van der Waals surface area contributed by atoms with Gasteiger partial charge in [-0.15, -0.1) is 0 Å². The lowest BCUT2D eigenvalue weighted by Crippen LogP contribution is -2.32. The molecular weight excluding hydrogens is 248 g/mol. The van der Waals surface area contributed by atoms with Crippen LogP contribution in [-0.4, -0.2) is 26.8 Å². The molecule has 0 spiro atoms. The van der Waals surface area contributed by atoms with E-state index in [0.29, 0.717) is 0 Å². The van der Waals surface area contributed by atoms with Crippen LogP contribution in [-0.2, 0) is 0 Å². The molecule has 102 valence electrons. The van der Waals surface area contributed by atoms with Crippen LogP contribution >= 0.6 is 0 Å². The molecule has 1 aromatic carbocycles. The van der Waals surface area contributed by atoms with Gasteiger partial charge in [0.2, 0.25) is 0 Å². The van der Waals surface area contributed by atoms with Gasteiger partial charge in [0.05, 0.1) is 0 Å². The molecule has 1 N–H and O–H groups in total. The number of nitrogens with zero attached hydrogens (tertiary/aromatic N) is 1. The third kappa shape index (κ3) is 3.60. The van der Waals surface area contributed by atoms with Crippen LogP contribution in [0.15, 0.2) is 18.2 Å². The van der Waals surface area contributed by atoms with Crippen molar-refractivity contribution in [1.82, 2.24) is 5.32 Å². The van der Waals surface area contributed by atoms with Gasteiger partial charge in [-0.05, 0) is 26.1 Å². The van der Waals surface area contributed by atoms with Crippen molar-refractivity contribution in [1.29, 1.82) is 0 Å². The number of hydrogen-bond acceptors (Lipinski definition) is 2. The first kappa shape index (κ1) is 14.8. The Morgan fingerprint density at radius 2 is 1.94 bits per heavy atom. The van der Waals surface area contributed by atoms with E-state index in [0.717, 1.165) is 4.90 Å². The van der Waals surface area contributed by atoms with Crippen molar-refractivity contribution >= 4 is 5.69 Å². The van der Waals surface area contributed by atoms with Crippen LogP contribution in [0.5, 0.6) is 0 Å². The largest absolute Gasteiger partial charge is 0.405 e. The second-order valence-corrected chi connectivity index (χ2v) is 4.15. The maximum absolute atomic E-state index is 13.7. The molecule has 18 heavy (non-hydrogen) atoms. The Balaban J connectivity index is 3.12. The van der Waals surface area contributed by atoms with Crippen LogP contribution in [0.3, 0.4) is 0 Å². The van der Waals surface area contributed by atoms with Crippen LogP contribution in [0.1, 0.15) is 18.5 Å². The number of alkyl halides is 3. The summed E-state index contributed by atoms with van der Waals surface area (Å²) in [6.07, 6.45) is -4.32. The Hall–Kier alpha value is -1.30. The van der Waals surface area contributed by atoms with Crippen LogP contribution in [0.25, 0.3) is 0 Å². The van der Waals surface area contributed by atoms with Crippen LogP contribution in [0.2, 0.25) is 0 Å². The molecule has 0 aliphatic carbocycles. The summed E-state index contributed by atoms with van der Waals surface area (Å²) in [6.45, 7) is 0.587. The van der Waals surface area contributed by atoms with Crippen molar-refractivity contribution in [3.63, 3.8) is 0 Å². The molecule has 0 radical (unpaired) electrons. The van der Waals surface area contributed by atoms with E-state index in [1.165, 1.54) is 25.2 Å². The number of benzene rings is 1. The zero-order chi connectivity index (χ0) is 13.9. The van der Waals surface area contributed by atoms with Gasteiger partial charge in [0.15, 0.2) is 0 Å². The Morgan fingerprint density at radius 3 is 2.44 bits per heavy atom. The minimum absolute atomic E-state index is 0.242. The molecule has 1 atom stereocenters. The average Bonchev–Trinajstić information content (AvgIpc) is 2.25. The summed E-state index contributed by atoms with van der Waals surface area (Å²) in [6, 6.07) is 3.77. The molecule has 0 fully saturated rings. The molecule has 0 saturated carbocycles. The second-order valence-electron chi connectivity index (χ2n) is 4.15. The Morgan fingerprint density at radius 1 is 1.33 bits per heavy atom. The van der Waals surface area contributed by atoms with E-state index in [-0.39, 0.29) is 17.3 Å². The number of nitrogens with one attached hydrogen (secondary N) is 1. The van der Waals surface area contributed by atoms with Crippen molar-refractivity contribution in [2.24, 2.45) is 0 Å². The highest BCUT2D eigenvalue weighted by Gasteiger charge is 2.30. The third-order valence-corrected chi connectivity index (χ3v) is 2.72. The van der Waals surface area contributed by atoms with Gasteiger partial charge in [0.25, 0.3) is 0 Å². The summed E-state index contributed by atoms with van der Waals surface area (Å²) >= 11 is 0. The highest BCUT2D eigenvalue weighted by atomic mass is 19.4. The van der Waals surface area contributed by atoms with E-state index in [9.17, 15) is 17.6 Å². The maximum Gasteiger partial charge on any atom is 0.405 e. The molecule has 1 rings (SSSR count). The number of halogens is 4. The Bertz CT molecular complexity index is 404. The lowest BCUT2D eigenvalue weighted by molar-refractivity contribution is -0.119. The Labute approximate surface area is 104 Å². The molecule has 6 heteroatoms. The lowest BCUT2D eigenvalue weighted by Gasteiger charge is -2.26. The first-order valence-corrected chi connectivity index (χ1v) is 5.50. The smallest absolute Gasteiger partial charge is 0.365 e. The van der Waals surface area contributed by atoms with Crippen molar-refractivity contribution < 1.29 is 17.6 Å². The normalized spacial score (nSPS) is 13.5. The molecule has 2 nitrogen and oxygen atoms in total. The van der Waals surface area contributed by atoms with Gasteiger partial charge in [-0.1, -0.05) is 6.07 Å². The van der Waals surface area contributed by atoms with Crippen molar-refractivity contribution in [2.45, 2.75) is 19.1 Å². The maximum atomic E-state index is 13.7. The monoisotopic (exact) mass is 264 g/mol. The zero-order valence-corrected chi connectivity index (χ0v) is 10.5. The quantitative estimate of drug-likeness (QED) is 0.841. The summed E-state index contributed by atoms with van der Waals surface area (Å²) in [7, 11) is 2.93. The van der Waals surface area contributed by atoms with E-state index in [4.69, 9.17) is 0 Å². The molecular formula is C12H16F4N2. The van der Waals surface area contributed by atoms with E-state index < -0.39 is 18.5 Å². The Kier molecular flexibility index (Phi) is 4.56. The van der Waals surface area contributed by atoms with Gasteiger partial charge in [-0.2, -0.15) is 13.2 Å². The highest BCUT2D eigenvalue weighted by molar-refractivity contribution is 5.55. The van der Waals surface area contributed by atoms with Crippen molar-refractivity contribution in [3.05, 3.63) is 29.6 Å². The van der Waals surface area contributed by atoms with Crippen LogP contribution in [0, 0.1) is 5.82 Å². The van der Waals surface area contributed by atoms with Crippen LogP contribution < -0.4 is 10.2 Å². The standard InChI is InChI=1S/C12H16F4N2/c1-8(17-2)11-9(13)5-4-6-10(11)18(3)7-12(14,15)16/h4-6,8,17H,7H2,1-3H3. The minimum atomic E-state index is -4.32. The van der Waals surface area contributed by atoms with E-state index in [1.807, 2.05) is 0 Å². The second kappa shape index (κ2) is 5.56. The molecule has 1 unspecified atom stereocenters. The van der Waals surface area contributed by atoms with E-state index in [2.05, 4.69) is 5.32 Å². The van der Waals surface area contributed by atoms with Crippen molar-refractivity contribution in [3.8, 4) is 0 Å². The van der Waals surface area contributed by atoms with Gasteiger partial charge in [0.1, 0.15) is 12.4 Å². The number of hydrogen-bond donors (Lipinski definition) is 1. The summed E-state index contributed by atoms with van der Waals surface area (Å²) in [4.78, 5) is 1.01. The van der Waals surface area contributed by atoms with Gasteiger partial charge in [0, 0.05) is 24.3 Å². The van der Waals surface area contributed by atoms with E-state index >= 15 is 0 Å². The SMILES string of the molecule is CNC(C)c1c(F)cccc1N(C)CC(F)(F)F. The van der Waals surface area contributed by atoms with Crippen molar-refractivity contribution in [2.75, 3.05) is 25.5 Å². The molecule has 0 saturated heterocycles. The third-order valence-electron chi connectivity index (χ3n) is 2.72. The predicted molar refractivity (Wildman–Crippen MR) is 63.2 cm³/mol. The molecule has 0 bridgehead atoms. The van der Waals surface area contributed by atoms with Crippen LogP contribution in [0.4, 0.5) is 23.2 Å². The first-order valence-electron chi connectivity index (χ1n) is 5.50. The fourth-order valence-electron chi connectivity index (χ4n) is 1.79. The highest BCUT2D eigenvalue weighted by Crippen LogP contribution is 2.30. The predicted octanol–water partition coefficient (Wildman–Crippen LogP) is 3.10. The summed E-state index contributed by atoms with van der Waals surface area (Å²) in [5.41, 5.74) is 0.487. The van der Waals surface area contributed by atoms with Gasteiger partial charge in [-0.3, -0.25) is 0 Å². The summed E-state index contributed by atoms with van der Waals surface area (Å²) < 4.78 is 50.8. The fourth-order valence-corrected chi connectivity index (χ4v) is 1.79. The van der Waals surface area contributed by atoms with Gasteiger partial charge < -0.3 is 10.2 Å².